The fourth-order valence-electron chi connectivity index (χ4n) is 3.83. The normalized spacial score (nSPS) is 33.3. The van der Waals surface area contributed by atoms with Crippen LogP contribution in [0.25, 0.3) is 0 Å². The summed E-state index contributed by atoms with van der Waals surface area (Å²) in [6.07, 6.45) is 5.22. The Labute approximate surface area is 143 Å². The Morgan fingerprint density at radius 1 is 1.54 bits per heavy atom. The van der Waals surface area contributed by atoms with Crippen LogP contribution in [0.1, 0.15) is 0 Å². The maximum absolute atomic E-state index is 12.6. The number of thioether (sulfide) groups is 1. The van der Waals surface area contributed by atoms with Crippen LogP contribution in [0.5, 0.6) is 0 Å². The first-order valence-corrected chi connectivity index (χ1v) is 8.87. The Bertz CT molecular complexity index is 720. The molecule has 2 saturated heterocycles. The molecule has 2 fully saturated rings. The average Bonchev–Trinajstić information content (AvgIpc) is 3.27. The molecule has 128 valence electrons. The van der Waals surface area contributed by atoms with Gasteiger partial charge < -0.3 is 19.5 Å². The van der Waals surface area contributed by atoms with Gasteiger partial charge in [-0.1, -0.05) is 23.9 Å². The molecule has 9 heteroatoms. The molecule has 4 rings (SSSR count). The zero-order chi connectivity index (χ0) is 16.9. The van der Waals surface area contributed by atoms with Crippen molar-refractivity contribution in [1.82, 2.24) is 25.0 Å². The molecule has 1 aromatic rings. The Morgan fingerprint density at radius 3 is 3.12 bits per heavy atom. The fraction of sp³-hybridized carbons (Fsp3) is 0.600. The topological polar surface area (TPSA) is 89.3 Å². The quantitative estimate of drug-likeness (QED) is 0.435. The summed E-state index contributed by atoms with van der Waals surface area (Å²) in [6, 6.07) is 0. The van der Waals surface area contributed by atoms with E-state index in [4.69, 9.17) is 4.74 Å². The lowest BCUT2D eigenvalue weighted by atomic mass is 9.77. The number of amides is 2. The summed E-state index contributed by atoms with van der Waals surface area (Å²) in [6.45, 7) is 1.03. The van der Waals surface area contributed by atoms with E-state index in [0.29, 0.717) is 18.8 Å². The predicted molar refractivity (Wildman–Crippen MR) is 86.1 cm³/mol. The van der Waals surface area contributed by atoms with Gasteiger partial charge in [-0.3, -0.25) is 9.59 Å². The molecule has 24 heavy (non-hydrogen) atoms. The minimum atomic E-state index is -0.605. The minimum absolute atomic E-state index is 0.00420. The lowest BCUT2D eigenvalue weighted by molar-refractivity contribution is -0.136. The Kier molecular flexibility index (Phi) is 3.65. The molecule has 4 heterocycles. The van der Waals surface area contributed by atoms with E-state index in [1.165, 1.54) is 11.8 Å². The Balaban J connectivity index is 1.36. The van der Waals surface area contributed by atoms with Gasteiger partial charge in [-0.2, -0.15) is 0 Å². The van der Waals surface area contributed by atoms with Gasteiger partial charge >= 0.3 is 0 Å². The van der Waals surface area contributed by atoms with Crippen LogP contribution in [0, 0.1) is 11.8 Å². The largest absolute Gasteiger partial charge is 0.360 e. The molecule has 4 atom stereocenters. The zero-order valence-electron chi connectivity index (χ0n) is 13.5. The highest BCUT2D eigenvalue weighted by Crippen LogP contribution is 2.51. The molecule has 3 aliphatic heterocycles. The maximum atomic E-state index is 12.6. The molecule has 1 spiro atoms. The lowest BCUT2D eigenvalue weighted by Gasteiger charge is -2.23. The summed E-state index contributed by atoms with van der Waals surface area (Å²) in [5.41, 5.74) is -0.605. The number of nitrogens with zero attached hydrogens (tertiary/aromatic N) is 4. The van der Waals surface area contributed by atoms with E-state index in [9.17, 15) is 9.59 Å². The first kappa shape index (κ1) is 15.6. The van der Waals surface area contributed by atoms with Crippen molar-refractivity contribution in [2.24, 2.45) is 18.9 Å². The Morgan fingerprint density at radius 2 is 2.38 bits per heavy atom. The minimum Gasteiger partial charge on any atom is -0.360 e. The van der Waals surface area contributed by atoms with Gasteiger partial charge in [-0.15, -0.1) is 10.2 Å². The van der Waals surface area contributed by atoms with Crippen molar-refractivity contribution in [3.8, 4) is 0 Å². The van der Waals surface area contributed by atoms with Crippen LogP contribution in [-0.2, 0) is 21.4 Å². The van der Waals surface area contributed by atoms with Gasteiger partial charge in [-0.05, 0) is 0 Å². The third kappa shape index (κ3) is 2.26. The van der Waals surface area contributed by atoms with E-state index in [1.54, 1.807) is 18.3 Å². The van der Waals surface area contributed by atoms with Gasteiger partial charge in [0.05, 0.1) is 24.5 Å². The van der Waals surface area contributed by atoms with Gasteiger partial charge in [0.1, 0.15) is 11.9 Å². The number of aromatic nitrogens is 3. The summed E-state index contributed by atoms with van der Waals surface area (Å²) in [5, 5.41) is 11.5. The molecule has 0 saturated carbocycles. The molecular formula is C15H19N5O3S. The second-order valence-corrected chi connectivity index (χ2v) is 7.52. The number of rotatable bonds is 5. The van der Waals surface area contributed by atoms with Crippen molar-refractivity contribution in [3.63, 3.8) is 0 Å². The smallest absolute Gasteiger partial charge is 0.229 e. The van der Waals surface area contributed by atoms with Crippen molar-refractivity contribution in [2.45, 2.75) is 16.9 Å². The number of likely N-dealkylation sites (N-methyl/N-ethyl adjacent to an activating group) is 1. The molecule has 0 unspecified atom stereocenters. The molecular weight excluding hydrogens is 330 g/mol. The van der Waals surface area contributed by atoms with Crippen molar-refractivity contribution in [3.05, 3.63) is 18.5 Å². The first-order chi connectivity index (χ1) is 11.5. The van der Waals surface area contributed by atoms with Crippen LogP contribution < -0.4 is 5.32 Å². The lowest BCUT2D eigenvalue weighted by Crippen LogP contribution is -2.44. The van der Waals surface area contributed by atoms with E-state index in [-0.39, 0.29) is 17.9 Å². The summed E-state index contributed by atoms with van der Waals surface area (Å²) in [7, 11) is 3.63. The van der Waals surface area contributed by atoms with Gasteiger partial charge in [0.15, 0.2) is 5.16 Å². The second-order valence-electron chi connectivity index (χ2n) is 6.46. The zero-order valence-corrected chi connectivity index (χ0v) is 14.3. The number of carbonyl (C=O) groups excluding carboxylic acids is 2. The predicted octanol–water partition coefficient (Wildman–Crippen LogP) is -0.565. The number of fused-ring (bicyclic) bond motifs is 1. The molecule has 2 amide bonds. The van der Waals surface area contributed by atoms with Crippen LogP contribution in [-0.4, -0.2) is 69.1 Å². The third-order valence-electron chi connectivity index (χ3n) is 4.89. The summed E-state index contributed by atoms with van der Waals surface area (Å²) < 4.78 is 7.81. The van der Waals surface area contributed by atoms with Crippen molar-refractivity contribution < 1.29 is 14.3 Å². The van der Waals surface area contributed by atoms with Crippen molar-refractivity contribution >= 4 is 23.6 Å². The molecule has 0 radical (unpaired) electrons. The van der Waals surface area contributed by atoms with E-state index in [2.05, 4.69) is 15.5 Å². The molecule has 0 aliphatic carbocycles. The number of likely N-dealkylation sites (tertiary alicyclic amines) is 1. The summed E-state index contributed by atoms with van der Waals surface area (Å²) in [4.78, 5) is 26.7. The highest BCUT2D eigenvalue weighted by Gasteiger charge is 2.66. The van der Waals surface area contributed by atoms with Gasteiger partial charge in [0.2, 0.25) is 11.8 Å². The standard InChI is InChI=1S/C15H19N5O3S/c1-19-7-15-4-3-9(23-15)10(11(15)13(19)22)12(21)16-5-6-24-14-18-17-8-20(14)2/h3-4,8-11H,5-7H2,1-2H3,(H,16,21)/t9-,10-,11+,15-/m0/s1. The highest BCUT2D eigenvalue weighted by molar-refractivity contribution is 7.99. The summed E-state index contributed by atoms with van der Waals surface area (Å²) in [5.74, 6) is -0.263. The van der Waals surface area contributed by atoms with Crippen molar-refractivity contribution in [2.75, 3.05) is 25.9 Å². The van der Waals surface area contributed by atoms with E-state index in [0.717, 1.165) is 5.16 Å². The number of ether oxygens (including phenoxy) is 1. The Hall–Kier alpha value is -1.87. The highest BCUT2D eigenvalue weighted by atomic mass is 32.2. The first-order valence-electron chi connectivity index (χ1n) is 7.88. The monoisotopic (exact) mass is 349 g/mol. The number of hydrogen-bond acceptors (Lipinski definition) is 6. The van der Waals surface area contributed by atoms with Crippen molar-refractivity contribution in [1.29, 1.82) is 0 Å². The molecule has 1 aromatic heterocycles. The van der Waals surface area contributed by atoms with Crippen LogP contribution in [0.3, 0.4) is 0 Å². The van der Waals surface area contributed by atoms with Crippen LogP contribution in [0.2, 0.25) is 0 Å². The van der Waals surface area contributed by atoms with E-state index < -0.39 is 17.4 Å². The third-order valence-corrected chi connectivity index (χ3v) is 5.93. The molecule has 3 aliphatic rings. The second kappa shape index (κ2) is 5.59. The van der Waals surface area contributed by atoms with Gasteiger partial charge in [0.25, 0.3) is 0 Å². The number of carbonyl (C=O) groups is 2. The van der Waals surface area contributed by atoms with Gasteiger partial charge in [-0.25, -0.2) is 0 Å². The van der Waals surface area contributed by atoms with Gasteiger partial charge in [0, 0.05) is 26.4 Å². The molecule has 2 bridgehead atoms. The van der Waals surface area contributed by atoms with Crippen LogP contribution >= 0.6 is 11.8 Å². The summed E-state index contributed by atoms with van der Waals surface area (Å²) >= 11 is 1.53. The molecule has 0 aromatic carbocycles. The molecule has 1 N–H and O–H groups in total. The fourth-order valence-corrected chi connectivity index (χ4v) is 4.57. The number of nitrogens with one attached hydrogen (secondary N) is 1. The maximum Gasteiger partial charge on any atom is 0.229 e. The number of hydrogen-bond donors (Lipinski definition) is 1. The van der Waals surface area contributed by atoms with Crippen LogP contribution in [0.4, 0.5) is 0 Å². The van der Waals surface area contributed by atoms with E-state index in [1.807, 2.05) is 23.8 Å². The average molecular weight is 349 g/mol. The van der Waals surface area contributed by atoms with Crippen LogP contribution in [0.15, 0.2) is 23.6 Å². The number of aryl methyl sites for hydroxylation is 1. The SMILES string of the molecule is CN1C[C@]23C=C[C@H](O2)[C@H](C(=O)NCCSc2nncn2C)[C@@H]3C1=O. The van der Waals surface area contributed by atoms with E-state index >= 15 is 0 Å². The molecule has 8 nitrogen and oxygen atoms in total.